The van der Waals surface area contributed by atoms with Crippen LogP contribution in [0.2, 0.25) is 0 Å². The molecule has 0 unspecified atom stereocenters. The zero-order chi connectivity index (χ0) is 17.2. The highest BCUT2D eigenvalue weighted by atomic mass is 127. The van der Waals surface area contributed by atoms with E-state index in [1.165, 1.54) is 4.88 Å². The first-order chi connectivity index (χ1) is 11.7. The number of hydrogen-bond acceptors (Lipinski definition) is 5. The van der Waals surface area contributed by atoms with Gasteiger partial charge in [0.15, 0.2) is 5.96 Å². The average Bonchev–Trinajstić information content (AvgIpc) is 3.26. The average molecular weight is 477 g/mol. The Morgan fingerprint density at radius 3 is 2.76 bits per heavy atom. The second kappa shape index (κ2) is 11.9. The second-order valence-electron chi connectivity index (χ2n) is 4.98. The van der Waals surface area contributed by atoms with Crippen molar-refractivity contribution in [3.63, 3.8) is 0 Å². The van der Waals surface area contributed by atoms with E-state index in [2.05, 4.69) is 32.9 Å². The second-order valence-corrected chi connectivity index (χ2v) is 6.18. The first-order valence-electron chi connectivity index (χ1n) is 7.96. The number of amides is 1. The summed E-state index contributed by atoms with van der Waals surface area (Å²) in [6, 6.07) is 3.60. The molecule has 0 bridgehead atoms. The molecule has 138 valence electrons. The molecule has 25 heavy (non-hydrogen) atoms. The van der Waals surface area contributed by atoms with Gasteiger partial charge in [0.25, 0.3) is 0 Å². The smallest absolute Gasteiger partial charge is 0.242 e. The van der Waals surface area contributed by atoms with Crippen molar-refractivity contribution >= 4 is 47.2 Å². The van der Waals surface area contributed by atoms with Crippen LogP contribution >= 0.6 is 35.3 Å². The van der Waals surface area contributed by atoms with Gasteiger partial charge in [-0.2, -0.15) is 0 Å². The van der Waals surface area contributed by atoms with Crippen LogP contribution in [0.15, 0.2) is 34.0 Å². The lowest BCUT2D eigenvalue weighted by Crippen LogP contribution is -2.38. The van der Waals surface area contributed by atoms with Crippen molar-refractivity contribution in [3.05, 3.63) is 40.2 Å². The maximum atomic E-state index is 11.8. The van der Waals surface area contributed by atoms with E-state index in [0.29, 0.717) is 24.8 Å². The molecule has 0 saturated carbocycles. The van der Waals surface area contributed by atoms with Gasteiger partial charge in [0.05, 0.1) is 19.4 Å². The molecule has 2 heterocycles. The predicted molar refractivity (Wildman–Crippen MR) is 110 cm³/mol. The highest BCUT2D eigenvalue weighted by molar-refractivity contribution is 14.0. The molecule has 0 radical (unpaired) electrons. The monoisotopic (exact) mass is 477 g/mol. The molecular formula is C16H24IN5O2S. The lowest BCUT2D eigenvalue weighted by Gasteiger charge is -2.10. The first-order valence-corrected chi connectivity index (χ1v) is 8.77. The highest BCUT2D eigenvalue weighted by Crippen LogP contribution is 2.12. The van der Waals surface area contributed by atoms with E-state index in [-0.39, 0.29) is 36.4 Å². The van der Waals surface area contributed by atoms with Crippen molar-refractivity contribution in [2.75, 3.05) is 13.1 Å². The number of nitrogens with zero attached hydrogens (tertiary/aromatic N) is 2. The molecule has 3 N–H and O–H groups in total. The molecule has 0 aliphatic rings. The molecule has 0 aliphatic carbocycles. The van der Waals surface area contributed by atoms with Crippen molar-refractivity contribution in [3.8, 4) is 0 Å². The number of guanidine groups is 1. The van der Waals surface area contributed by atoms with Crippen LogP contribution in [-0.2, 0) is 24.3 Å². The standard InChI is InChI=1S/C16H23N5O2S.HI/c1-3-13-9-19-15(24-13)11-21-16(17-4-2)20-10-14(22)18-8-12-6-5-7-23-12;/h5-7,9H,3-4,8,10-11H2,1-2H3,(H,18,22)(H2,17,20,21);1H. The van der Waals surface area contributed by atoms with Gasteiger partial charge >= 0.3 is 0 Å². The van der Waals surface area contributed by atoms with Gasteiger partial charge in [-0.3, -0.25) is 4.79 Å². The third kappa shape index (κ3) is 7.86. The number of thiazole rings is 1. The molecule has 2 rings (SSSR count). The summed E-state index contributed by atoms with van der Waals surface area (Å²) >= 11 is 1.68. The SMILES string of the molecule is CCNC(=NCC(=O)NCc1ccco1)NCc1ncc(CC)s1.I. The number of carbonyl (C=O) groups is 1. The summed E-state index contributed by atoms with van der Waals surface area (Å²) in [6.07, 6.45) is 4.46. The van der Waals surface area contributed by atoms with Gasteiger partial charge in [0, 0.05) is 17.6 Å². The molecule has 0 aromatic carbocycles. The number of aromatic nitrogens is 1. The third-order valence-corrected chi connectivity index (χ3v) is 4.26. The normalized spacial score (nSPS) is 10.9. The minimum Gasteiger partial charge on any atom is -0.467 e. The Kier molecular flexibility index (Phi) is 10.2. The van der Waals surface area contributed by atoms with Crippen LogP contribution < -0.4 is 16.0 Å². The van der Waals surface area contributed by atoms with Crippen molar-refractivity contribution in [2.24, 2.45) is 4.99 Å². The van der Waals surface area contributed by atoms with E-state index >= 15 is 0 Å². The Hall–Kier alpha value is -1.62. The largest absolute Gasteiger partial charge is 0.467 e. The molecule has 7 nitrogen and oxygen atoms in total. The van der Waals surface area contributed by atoms with E-state index in [9.17, 15) is 4.79 Å². The number of hydrogen-bond donors (Lipinski definition) is 3. The van der Waals surface area contributed by atoms with E-state index in [1.54, 1.807) is 23.7 Å². The van der Waals surface area contributed by atoms with Crippen LogP contribution in [-0.4, -0.2) is 29.9 Å². The Balaban J connectivity index is 0.00000312. The Labute approximate surface area is 168 Å². The van der Waals surface area contributed by atoms with Gasteiger partial charge in [0.2, 0.25) is 5.91 Å². The van der Waals surface area contributed by atoms with Crippen LogP contribution in [0.1, 0.15) is 29.5 Å². The minimum atomic E-state index is -0.161. The quantitative estimate of drug-likeness (QED) is 0.308. The van der Waals surface area contributed by atoms with Crippen LogP contribution in [0, 0.1) is 0 Å². The molecule has 0 aliphatic heterocycles. The molecule has 0 fully saturated rings. The molecule has 2 aromatic heterocycles. The number of halogens is 1. The van der Waals surface area contributed by atoms with Gasteiger partial charge in [-0.25, -0.2) is 9.98 Å². The maximum absolute atomic E-state index is 11.8. The number of carbonyl (C=O) groups excluding carboxylic acids is 1. The fourth-order valence-corrected chi connectivity index (χ4v) is 2.70. The summed E-state index contributed by atoms with van der Waals surface area (Å²) in [6.45, 7) is 5.81. The maximum Gasteiger partial charge on any atom is 0.242 e. The molecule has 0 saturated heterocycles. The van der Waals surface area contributed by atoms with Gasteiger partial charge < -0.3 is 20.4 Å². The van der Waals surface area contributed by atoms with Crippen LogP contribution in [0.3, 0.4) is 0 Å². The van der Waals surface area contributed by atoms with Crippen molar-refractivity contribution in [1.29, 1.82) is 0 Å². The number of rotatable bonds is 8. The van der Waals surface area contributed by atoms with Crippen LogP contribution in [0.5, 0.6) is 0 Å². The topological polar surface area (TPSA) is 91.5 Å². The van der Waals surface area contributed by atoms with Crippen molar-refractivity contribution in [1.82, 2.24) is 20.9 Å². The van der Waals surface area contributed by atoms with E-state index in [1.807, 2.05) is 19.2 Å². The van der Waals surface area contributed by atoms with Gasteiger partial charge in [-0.05, 0) is 25.5 Å². The minimum absolute atomic E-state index is 0. The molecule has 2 aromatic rings. The first kappa shape index (κ1) is 21.4. The summed E-state index contributed by atoms with van der Waals surface area (Å²) in [4.78, 5) is 21.7. The molecular weight excluding hydrogens is 453 g/mol. The van der Waals surface area contributed by atoms with Gasteiger partial charge in [-0.15, -0.1) is 35.3 Å². The summed E-state index contributed by atoms with van der Waals surface area (Å²) in [5, 5.41) is 10.1. The predicted octanol–water partition coefficient (Wildman–Crippen LogP) is 2.29. The lowest BCUT2D eigenvalue weighted by atomic mass is 10.4. The third-order valence-electron chi connectivity index (χ3n) is 3.12. The number of furan rings is 1. The van der Waals surface area contributed by atoms with Gasteiger partial charge in [-0.1, -0.05) is 6.92 Å². The molecule has 9 heteroatoms. The lowest BCUT2D eigenvalue weighted by molar-refractivity contribution is -0.119. The zero-order valence-electron chi connectivity index (χ0n) is 14.4. The Bertz CT molecular complexity index is 657. The Morgan fingerprint density at radius 2 is 2.12 bits per heavy atom. The van der Waals surface area contributed by atoms with Gasteiger partial charge in [0.1, 0.15) is 17.3 Å². The fourth-order valence-electron chi connectivity index (χ4n) is 1.90. The summed E-state index contributed by atoms with van der Waals surface area (Å²) in [7, 11) is 0. The van der Waals surface area contributed by atoms with E-state index in [0.717, 1.165) is 18.0 Å². The van der Waals surface area contributed by atoms with E-state index in [4.69, 9.17) is 4.42 Å². The van der Waals surface area contributed by atoms with Crippen molar-refractivity contribution in [2.45, 2.75) is 33.4 Å². The number of nitrogens with one attached hydrogen (secondary N) is 3. The van der Waals surface area contributed by atoms with Crippen LogP contribution in [0.25, 0.3) is 0 Å². The molecule has 0 spiro atoms. The van der Waals surface area contributed by atoms with Crippen LogP contribution in [0.4, 0.5) is 0 Å². The summed E-state index contributed by atoms with van der Waals surface area (Å²) in [5.74, 6) is 1.15. The highest BCUT2D eigenvalue weighted by Gasteiger charge is 2.05. The van der Waals surface area contributed by atoms with Crippen molar-refractivity contribution < 1.29 is 9.21 Å². The number of aryl methyl sites for hydroxylation is 1. The fraction of sp³-hybridized carbons (Fsp3) is 0.438. The molecule has 1 amide bonds. The summed E-state index contributed by atoms with van der Waals surface area (Å²) in [5.41, 5.74) is 0. The number of aliphatic imine (C=N–C) groups is 1. The summed E-state index contributed by atoms with van der Waals surface area (Å²) < 4.78 is 5.17. The molecule has 0 atom stereocenters. The van der Waals surface area contributed by atoms with E-state index < -0.39 is 0 Å². The Morgan fingerprint density at radius 1 is 1.28 bits per heavy atom. The zero-order valence-corrected chi connectivity index (χ0v) is 17.5.